The van der Waals surface area contributed by atoms with Crippen molar-refractivity contribution in [2.45, 2.75) is 90.7 Å². The molecule has 4 heterocycles. The van der Waals surface area contributed by atoms with Gasteiger partial charge in [0.25, 0.3) is 0 Å². The van der Waals surface area contributed by atoms with Gasteiger partial charge in [-0.05, 0) is 71.8 Å². The van der Waals surface area contributed by atoms with Gasteiger partial charge in [-0.25, -0.2) is 0 Å². The third-order valence-electron chi connectivity index (χ3n) is 6.52. The Hall–Kier alpha value is -1.55. The van der Waals surface area contributed by atoms with Gasteiger partial charge >= 0.3 is 0 Å². The van der Waals surface area contributed by atoms with E-state index in [9.17, 15) is 0 Å². The van der Waals surface area contributed by atoms with Crippen LogP contribution in [0, 0.1) is 25.5 Å². The van der Waals surface area contributed by atoms with Crippen molar-refractivity contribution in [2.75, 3.05) is 6.61 Å². The number of ether oxygens (including phenoxy) is 5. The second kappa shape index (κ2) is 7.48. The van der Waals surface area contributed by atoms with Crippen molar-refractivity contribution in [3.05, 3.63) is 46.0 Å². The van der Waals surface area contributed by atoms with Gasteiger partial charge in [0.15, 0.2) is 22.6 Å². The van der Waals surface area contributed by atoms with E-state index in [0.717, 1.165) is 11.4 Å². The predicted octanol–water partition coefficient (Wildman–Crippen LogP) is 4.50. The van der Waals surface area contributed by atoms with Gasteiger partial charge in [0.1, 0.15) is 18.3 Å². The highest BCUT2D eigenvalue weighted by Crippen LogP contribution is 2.46. The largest absolute Gasteiger partial charge is 0.348 e. The molecule has 1 aromatic heterocycles. The van der Waals surface area contributed by atoms with E-state index in [4.69, 9.17) is 35.9 Å². The zero-order valence-corrected chi connectivity index (χ0v) is 20.6. The van der Waals surface area contributed by atoms with Gasteiger partial charge in [-0.15, -0.1) is 0 Å². The molecule has 7 nitrogen and oxygen atoms in total. The van der Waals surface area contributed by atoms with Crippen molar-refractivity contribution in [2.24, 2.45) is 0 Å². The van der Waals surface area contributed by atoms with Crippen LogP contribution in [0.3, 0.4) is 0 Å². The highest BCUT2D eigenvalue weighted by Gasteiger charge is 2.59. The summed E-state index contributed by atoms with van der Waals surface area (Å²) in [7, 11) is 0. The molecular formula is C24H32N2O5S. The summed E-state index contributed by atoms with van der Waals surface area (Å²) < 4.78 is 35.8. The standard InChI is InChI=1S/C24H32N2O5S/c1-13-9-8-10-14(2)17(13)26-15(3)11-25(22(26)32)18-19(16-12-27-23(4,5)29-16)28-21-20(18)30-24(6,7)31-21/h8-11,16,18-21H,12H2,1-7H3/t16-,18+,19-,20-,21-/m1/s1. The first-order valence-corrected chi connectivity index (χ1v) is 11.6. The maximum Gasteiger partial charge on any atom is 0.189 e. The fourth-order valence-corrected chi connectivity index (χ4v) is 5.65. The summed E-state index contributed by atoms with van der Waals surface area (Å²) >= 11 is 6.04. The van der Waals surface area contributed by atoms with Crippen molar-refractivity contribution in [1.82, 2.24) is 9.13 Å². The lowest BCUT2D eigenvalue weighted by Crippen LogP contribution is -2.40. The summed E-state index contributed by atoms with van der Waals surface area (Å²) in [5, 5.41) is 0. The molecule has 3 aliphatic rings. The summed E-state index contributed by atoms with van der Waals surface area (Å²) in [4.78, 5) is 0. The Bertz CT molecular complexity index is 1080. The number of aryl methyl sites for hydroxylation is 3. The monoisotopic (exact) mass is 460 g/mol. The second-order valence-corrected chi connectivity index (χ2v) is 10.3. The van der Waals surface area contributed by atoms with Crippen LogP contribution in [0.4, 0.5) is 0 Å². The molecule has 5 atom stereocenters. The average Bonchev–Trinajstić information content (AvgIpc) is 3.37. The quantitative estimate of drug-likeness (QED) is 0.629. The average molecular weight is 461 g/mol. The van der Waals surface area contributed by atoms with Crippen LogP contribution >= 0.6 is 12.2 Å². The topological polar surface area (TPSA) is 56.0 Å². The number of fused-ring (bicyclic) bond motifs is 1. The minimum Gasteiger partial charge on any atom is -0.348 e. The molecule has 0 bridgehead atoms. The van der Waals surface area contributed by atoms with E-state index in [-0.39, 0.29) is 24.4 Å². The highest BCUT2D eigenvalue weighted by atomic mass is 32.1. The molecule has 8 heteroatoms. The van der Waals surface area contributed by atoms with Gasteiger partial charge in [-0.2, -0.15) is 0 Å². The molecule has 0 N–H and O–H groups in total. The van der Waals surface area contributed by atoms with Crippen LogP contribution in [-0.2, 0) is 23.7 Å². The lowest BCUT2D eigenvalue weighted by Gasteiger charge is -2.29. The van der Waals surface area contributed by atoms with Crippen molar-refractivity contribution < 1.29 is 23.7 Å². The molecule has 3 fully saturated rings. The van der Waals surface area contributed by atoms with Crippen LogP contribution in [0.5, 0.6) is 0 Å². The highest BCUT2D eigenvalue weighted by molar-refractivity contribution is 7.71. The molecule has 3 saturated heterocycles. The number of nitrogens with zero attached hydrogens (tertiary/aromatic N) is 2. The van der Waals surface area contributed by atoms with Gasteiger partial charge in [0.2, 0.25) is 0 Å². The first kappa shape index (κ1) is 22.3. The molecule has 0 radical (unpaired) electrons. The Labute approximate surface area is 194 Å². The number of hydrogen-bond acceptors (Lipinski definition) is 6. The van der Waals surface area contributed by atoms with E-state index < -0.39 is 17.9 Å². The van der Waals surface area contributed by atoms with Crippen LogP contribution in [0.2, 0.25) is 0 Å². The molecule has 0 unspecified atom stereocenters. The molecule has 32 heavy (non-hydrogen) atoms. The Morgan fingerprint density at radius 1 is 0.938 bits per heavy atom. The maximum absolute atomic E-state index is 6.39. The minimum atomic E-state index is -0.725. The predicted molar refractivity (Wildman–Crippen MR) is 121 cm³/mol. The third-order valence-corrected chi connectivity index (χ3v) is 6.92. The molecule has 2 aromatic rings. The molecule has 0 spiro atoms. The van der Waals surface area contributed by atoms with E-state index in [2.05, 4.69) is 54.3 Å². The first-order valence-electron chi connectivity index (χ1n) is 11.2. The number of para-hydroxylation sites is 1. The molecule has 0 amide bonds. The summed E-state index contributed by atoms with van der Waals surface area (Å²) in [5.74, 6) is -1.38. The van der Waals surface area contributed by atoms with Gasteiger partial charge in [0, 0.05) is 11.9 Å². The Morgan fingerprint density at radius 2 is 1.62 bits per heavy atom. The van der Waals surface area contributed by atoms with Gasteiger partial charge in [-0.3, -0.25) is 4.57 Å². The van der Waals surface area contributed by atoms with Crippen LogP contribution in [0.1, 0.15) is 50.6 Å². The summed E-state index contributed by atoms with van der Waals surface area (Å²) in [6.45, 7) is 14.4. The normalized spacial score (nSPS) is 33.0. The first-order chi connectivity index (χ1) is 15.0. The van der Waals surface area contributed by atoms with Crippen molar-refractivity contribution in [1.29, 1.82) is 0 Å². The van der Waals surface area contributed by atoms with E-state index in [0.29, 0.717) is 11.4 Å². The summed E-state index contributed by atoms with van der Waals surface area (Å²) in [6.07, 6.45) is 0.734. The Balaban J connectivity index is 1.60. The number of benzene rings is 1. The van der Waals surface area contributed by atoms with Crippen LogP contribution < -0.4 is 0 Å². The van der Waals surface area contributed by atoms with Crippen molar-refractivity contribution in [3.8, 4) is 5.69 Å². The number of aromatic nitrogens is 2. The van der Waals surface area contributed by atoms with Crippen molar-refractivity contribution in [3.63, 3.8) is 0 Å². The van der Waals surface area contributed by atoms with Crippen LogP contribution in [0.25, 0.3) is 5.69 Å². The smallest absolute Gasteiger partial charge is 0.189 e. The van der Waals surface area contributed by atoms with Crippen molar-refractivity contribution >= 4 is 12.2 Å². The number of hydrogen-bond donors (Lipinski definition) is 0. The summed E-state index contributed by atoms with van der Waals surface area (Å²) in [6, 6.07) is 6.09. The molecule has 0 aliphatic carbocycles. The number of rotatable bonds is 3. The maximum atomic E-state index is 6.39. The third kappa shape index (κ3) is 3.57. The van der Waals surface area contributed by atoms with E-state index in [1.165, 1.54) is 11.1 Å². The molecule has 3 aliphatic heterocycles. The SMILES string of the molecule is Cc1cccc(C)c1-n1c(C)cn([C@@H]2[C@H]3OC(C)(C)O[C@H]3O[C@@H]2[C@H]2COC(C)(C)O2)c1=S. The molecule has 1 aromatic carbocycles. The summed E-state index contributed by atoms with van der Waals surface area (Å²) in [5.41, 5.74) is 4.52. The molecule has 5 rings (SSSR count). The molecule has 174 valence electrons. The Kier molecular flexibility index (Phi) is 5.20. The van der Waals surface area contributed by atoms with Gasteiger partial charge in [0.05, 0.1) is 18.3 Å². The van der Waals surface area contributed by atoms with E-state index in [1.54, 1.807) is 0 Å². The lowest BCUT2D eigenvalue weighted by atomic mass is 10.0. The molecule has 0 saturated carbocycles. The number of imidazole rings is 1. The van der Waals surface area contributed by atoms with Crippen LogP contribution in [0.15, 0.2) is 24.4 Å². The minimum absolute atomic E-state index is 0.207. The lowest BCUT2D eigenvalue weighted by molar-refractivity contribution is -0.225. The van der Waals surface area contributed by atoms with E-state index in [1.807, 2.05) is 27.7 Å². The molecular weight excluding hydrogens is 428 g/mol. The zero-order chi connectivity index (χ0) is 23.0. The van der Waals surface area contributed by atoms with Gasteiger partial charge in [-0.1, -0.05) is 18.2 Å². The van der Waals surface area contributed by atoms with Gasteiger partial charge < -0.3 is 28.3 Å². The zero-order valence-electron chi connectivity index (χ0n) is 19.7. The fourth-order valence-electron chi connectivity index (χ4n) is 5.24. The van der Waals surface area contributed by atoms with E-state index >= 15 is 0 Å². The van der Waals surface area contributed by atoms with Crippen LogP contribution in [-0.4, -0.2) is 51.9 Å². The Morgan fingerprint density at radius 3 is 2.25 bits per heavy atom. The fraction of sp³-hybridized carbons (Fsp3) is 0.625. The second-order valence-electron chi connectivity index (χ2n) is 9.96.